The summed E-state index contributed by atoms with van der Waals surface area (Å²) in [7, 11) is 4.34. The number of halogens is 3. The smallest absolute Gasteiger partial charge is 0.0658 e. The summed E-state index contributed by atoms with van der Waals surface area (Å²) in [4.78, 5) is 0. The van der Waals surface area contributed by atoms with E-state index in [9.17, 15) is 0 Å². The second-order valence-electron chi connectivity index (χ2n) is 1.56. The van der Waals surface area contributed by atoms with Crippen LogP contribution in [0, 0.1) is 0 Å². The Morgan fingerprint density at radius 1 is 1.14 bits per heavy atom. The summed E-state index contributed by atoms with van der Waals surface area (Å²) in [5, 5.41) is 0. The van der Waals surface area contributed by atoms with Crippen LogP contribution in [0.2, 0.25) is 0 Å². The van der Waals surface area contributed by atoms with Crippen molar-refractivity contribution in [2.45, 2.75) is 3.91 Å². The molecular weight excluding hydrogens is 489 g/mol. The quantitative estimate of drug-likeness (QED) is 0.279. The first-order valence-electron chi connectivity index (χ1n) is 1.50. The molecule has 2 fully saturated rings. The molecule has 6 heteroatoms. The van der Waals surface area contributed by atoms with Gasteiger partial charge < -0.3 is 0 Å². The fourth-order valence-electron chi connectivity index (χ4n) is 0.295. The highest BCUT2D eigenvalue weighted by atomic mass is 127. The molecule has 0 nitrogen and oxygen atoms in total. The van der Waals surface area contributed by atoms with Gasteiger partial charge in [-0.15, -0.1) is 0 Å². The van der Waals surface area contributed by atoms with Gasteiger partial charge in [0.25, 0.3) is 0 Å². The van der Waals surface area contributed by atoms with E-state index in [4.69, 9.17) is 0 Å². The minimum Gasteiger partial charge on any atom is -0.0658 e. The number of rotatable bonds is 0. The monoisotopic (exact) mass is 490 g/mol. The van der Waals surface area contributed by atoms with E-state index in [0.29, 0.717) is 0 Å². The van der Waals surface area contributed by atoms with Crippen LogP contribution in [-0.4, -0.2) is 3.91 Å². The number of hydrogen-bond acceptors (Lipinski definition) is 2. The SMILES string of the molecule is IS12(I)(I)SC1S2. The summed E-state index contributed by atoms with van der Waals surface area (Å²) in [5.41, 5.74) is 0. The predicted octanol–water partition coefficient (Wildman–Crippen LogP) is 4.52. The van der Waals surface area contributed by atoms with Gasteiger partial charge >= 0.3 is 0 Å². The van der Waals surface area contributed by atoms with Gasteiger partial charge in [0.15, 0.2) is 0 Å². The Hall–Kier alpha value is 3.24. The summed E-state index contributed by atoms with van der Waals surface area (Å²) >= 11 is 7.94. The molecule has 0 unspecified atom stereocenters. The highest BCUT2D eigenvalue weighted by molar-refractivity contribution is 14.5. The Bertz CT molecular complexity index is 152. The van der Waals surface area contributed by atoms with Gasteiger partial charge in [0.1, 0.15) is 3.91 Å². The van der Waals surface area contributed by atoms with Crippen molar-refractivity contribution < 1.29 is 0 Å². The van der Waals surface area contributed by atoms with Gasteiger partial charge in [0.2, 0.25) is 0 Å². The molecule has 0 saturated carbocycles. The molecule has 0 aromatic carbocycles. The molecule has 2 saturated heterocycles. The molecule has 0 bridgehead atoms. The van der Waals surface area contributed by atoms with Crippen molar-refractivity contribution >= 4 is 83.1 Å². The predicted molar refractivity (Wildman–Crippen MR) is 68.6 cm³/mol. The zero-order chi connectivity index (χ0) is 5.40. The van der Waals surface area contributed by atoms with Crippen molar-refractivity contribution in [3.05, 3.63) is 0 Å². The maximum atomic E-state index is 2.65. The van der Waals surface area contributed by atoms with Crippen molar-refractivity contribution in [1.82, 2.24) is 0 Å². The van der Waals surface area contributed by atoms with E-state index in [0.717, 1.165) is 3.91 Å². The van der Waals surface area contributed by atoms with Crippen molar-refractivity contribution in [2.24, 2.45) is 0 Å². The van der Waals surface area contributed by atoms with E-state index in [1.165, 1.54) is 0 Å². The first-order chi connectivity index (χ1) is 2.85. The third-order valence-electron chi connectivity index (χ3n) is 0.865. The normalized spacial score (nSPS) is 64.7. The molecule has 44 valence electrons. The van der Waals surface area contributed by atoms with Crippen molar-refractivity contribution in [3.63, 3.8) is 0 Å². The molecule has 2 aliphatic rings. The average molecular weight is 490 g/mol. The number of fused-ring (bicyclic) bond motifs is 1. The highest BCUT2D eigenvalue weighted by Crippen LogP contribution is 3.49. The summed E-state index contributed by atoms with van der Waals surface area (Å²) in [6.07, 6.45) is 0. The van der Waals surface area contributed by atoms with E-state index in [-0.39, 0.29) is 0 Å². The summed E-state index contributed by atoms with van der Waals surface area (Å²) < 4.78 is -0.311. The lowest BCUT2D eigenvalue weighted by Crippen LogP contribution is -1.53. The molecule has 0 spiro atoms. The largest absolute Gasteiger partial charge is 0.125 e. The van der Waals surface area contributed by atoms with Crippen LogP contribution in [0.25, 0.3) is 0 Å². The van der Waals surface area contributed by atoms with E-state index in [2.05, 4.69) is 85.2 Å². The van der Waals surface area contributed by atoms with Crippen molar-refractivity contribution in [1.29, 1.82) is 0 Å². The van der Waals surface area contributed by atoms with E-state index >= 15 is 0 Å². The summed E-state index contributed by atoms with van der Waals surface area (Å²) in [6, 6.07) is 0. The van der Waals surface area contributed by atoms with Gasteiger partial charge in [-0.05, 0) is 63.6 Å². The maximum Gasteiger partial charge on any atom is 0.125 e. The van der Waals surface area contributed by atoms with Crippen LogP contribution < -0.4 is 0 Å². The standard InChI is InChI=1S/CHI3S3/c2-7(3,4)1(5-7)6-7/h1H. The van der Waals surface area contributed by atoms with Crippen LogP contribution in [-0.2, 0) is 0 Å². The maximum absolute atomic E-state index is 2.65. The highest BCUT2D eigenvalue weighted by Gasteiger charge is 2.94. The summed E-state index contributed by atoms with van der Waals surface area (Å²) in [5.74, 6) is 0. The van der Waals surface area contributed by atoms with Gasteiger partial charge in [0, 0.05) is 0 Å². The molecule has 2 heterocycles. The molecular formula is CHI3S3. The molecule has 0 N–H and O–H groups in total. The lowest BCUT2D eigenvalue weighted by atomic mass is 11.9. The summed E-state index contributed by atoms with van der Waals surface area (Å²) in [6.45, 7) is 0. The number of hydrogen-bond donors (Lipinski definition) is 0. The average Bonchev–Trinajstić information content (AvgIpc) is 1.75. The van der Waals surface area contributed by atoms with Crippen LogP contribution in [0.4, 0.5) is 0 Å². The molecule has 0 aliphatic carbocycles. The van der Waals surface area contributed by atoms with Gasteiger partial charge in [-0.25, -0.2) is 0 Å². The Balaban J connectivity index is 2.60. The van der Waals surface area contributed by atoms with Crippen molar-refractivity contribution in [2.75, 3.05) is 0 Å². The van der Waals surface area contributed by atoms with E-state index in [1.807, 2.05) is 0 Å². The topological polar surface area (TPSA) is 0 Å². The first kappa shape index (κ1) is 6.92. The van der Waals surface area contributed by atoms with Crippen molar-refractivity contribution in [3.8, 4) is 0 Å². The van der Waals surface area contributed by atoms with Crippen LogP contribution in [0.1, 0.15) is 0 Å². The molecule has 2 aliphatic heterocycles. The Morgan fingerprint density at radius 2 is 1.29 bits per heavy atom. The van der Waals surface area contributed by atoms with Gasteiger partial charge in [-0.1, -0.05) is 19.5 Å². The first-order valence-corrected chi connectivity index (χ1v) is 14.4. The zero-order valence-corrected chi connectivity index (χ0v) is 11.9. The Kier molecular flexibility index (Phi) is 1.15. The molecule has 0 amide bonds. The van der Waals surface area contributed by atoms with Gasteiger partial charge in [0.05, 0.1) is 0 Å². The molecule has 0 aromatic heterocycles. The molecule has 0 aromatic rings. The molecule has 0 radical (unpaired) electrons. The lowest BCUT2D eigenvalue weighted by molar-refractivity contribution is 2.27. The van der Waals surface area contributed by atoms with Gasteiger partial charge in [-0.3, -0.25) is 0 Å². The minimum atomic E-state index is -1.31. The fraction of sp³-hybridized carbons (Fsp3) is 1.00. The Morgan fingerprint density at radius 3 is 1.29 bits per heavy atom. The second kappa shape index (κ2) is 1.16. The Labute approximate surface area is 84.9 Å². The molecule has 7 heavy (non-hydrogen) atoms. The van der Waals surface area contributed by atoms with Crippen LogP contribution in [0.3, 0.4) is 0 Å². The third kappa shape index (κ3) is 0.897. The van der Waals surface area contributed by atoms with Gasteiger partial charge in [-0.2, -0.15) is 0 Å². The fourth-order valence-corrected chi connectivity index (χ4v) is 37.2. The van der Waals surface area contributed by atoms with Crippen LogP contribution in [0.5, 0.6) is 0 Å². The second-order valence-corrected chi connectivity index (χ2v) is 59.7. The van der Waals surface area contributed by atoms with E-state index in [1.54, 1.807) is 0 Å². The van der Waals surface area contributed by atoms with E-state index < -0.39 is -2.13 Å². The molecule has 2 rings (SSSR count). The lowest BCUT2D eigenvalue weighted by Gasteiger charge is -2.28. The molecule has 0 atom stereocenters. The van der Waals surface area contributed by atoms with Crippen LogP contribution >= 0.6 is 83.1 Å². The minimum absolute atomic E-state index is 1.00. The van der Waals surface area contributed by atoms with Crippen LogP contribution in [0.15, 0.2) is 0 Å². The third-order valence-corrected chi connectivity index (χ3v) is 34.4. The zero-order valence-electron chi connectivity index (χ0n) is 2.94.